The van der Waals surface area contributed by atoms with Crippen LogP contribution in [0, 0.1) is 5.92 Å². The first-order valence-electron chi connectivity index (χ1n) is 13.9. The molecular weight excluding hydrogens is 517 g/mol. The van der Waals surface area contributed by atoms with Crippen LogP contribution in [0.25, 0.3) is 0 Å². The van der Waals surface area contributed by atoms with Crippen molar-refractivity contribution in [3.63, 3.8) is 0 Å². The van der Waals surface area contributed by atoms with E-state index in [9.17, 15) is 4.79 Å². The first-order chi connectivity index (χ1) is 18.4. The predicted molar refractivity (Wildman–Crippen MR) is 160 cm³/mol. The van der Waals surface area contributed by atoms with Gasteiger partial charge in [0, 0.05) is 72.9 Å². The number of anilines is 2. The second-order valence-corrected chi connectivity index (χ2v) is 11.6. The number of nitrogens with zero attached hydrogens (tertiary/aromatic N) is 3. The summed E-state index contributed by atoms with van der Waals surface area (Å²) in [7, 11) is 0. The number of benzene rings is 2. The summed E-state index contributed by atoms with van der Waals surface area (Å²) in [6.45, 7) is 10.3. The van der Waals surface area contributed by atoms with Gasteiger partial charge >= 0.3 is 0 Å². The average molecular weight is 559 g/mol. The number of rotatable bonds is 11. The Bertz CT molecular complexity index is 1070. The minimum atomic E-state index is 0.527. The third-order valence-electron chi connectivity index (χ3n) is 7.28. The van der Waals surface area contributed by atoms with Crippen LogP contribution in [-0.2, 0) is 11.2 Å². The lowest BCUT2D eigenvalue weighted by Crippen LogP contribution is -2.49. The number of hydrogen-bond donors (Lipinski definition) is 2. The van der Waals surface area contributed by atoms with Gasteiger partial charge in [-0.3, -0.25) is 4.79 Å². The number of piperazine rings is 1. The van der Waals surface area contributed by atoms with Gasteiger partial charge in [-0.1, -0.05) is 43.1 Å². The highest BCUT2D eigenvalue weighted by atomic mass is 35.5. The van der Waals surface area contributed by atoms with Crippen LogP contribution in [0.4, 0.5) is 11.4 Å². The van der Waals surface area contributed by atoms with Gasteiger partial charge in [-0.25, -0.2) is 0 Å². The largest absolute Gasteiger partial charge is 0.372 e. The number of amides is 1. The molecule has 2 heterocycles. The van der Waals surface area contributed by atoms with Crippen LogP contribution in [0.1, 0.15) is 45.1 Å². The van der Waals surface area contributed by atoms with Gasteiger partial charge in [0.2, 0.25) is 6.41 Å². The maximum Gasteiger partial charge on any atom is 0.214 e. The molecule has 0 unspecified atom stereocenters. The highest BCUT2D eigenvalue weighted by molar-refractivity contribution is 6.35. The van der Waals surface area contributed by atoms with Gasteiger partial charge in [0.25, 0.3) is 0 Å². The average Bonchev–Trinajstić information content (AvgIpc) is 2.91. The highest BCUT2D eigenvalue weighted by Gasteiger charge is 2.21. The molecule has 2 saturated heterocycles. The van der Waals surface area contributed by atoms with Crippen molar-refractivity contribution < 1.29 is 4.79 Å². The standard InChI is InChI=1S/C30H41Cl2N5O/c1-23(2)18-27-20-35(17-13-33-27)21-30(36-14-4-3-5-15-36)34-26-8-10-28(11-9-26)37(22-38)16-12-24-6-7-25(31)19-29(24)32/h6-11,19,21-23,27,33-34H,3-5,12-18,20H2,1-2H3/b30-21-/t27-/m0/s1. The summed E-state index contributed by atoms with van der Waals surface area (Å²) >= 11 is 12.3. The predicted octanol–water partition coefficient (Wildman–Crippen LogP) is 6.22. The van der Waals surface area contributed by atoms with E-state index in [0.29, 0.717) is 35.0 Å². The molecule has 1 atom stereocenters. The van der Waals surface area contributed by atoms with Crippen LogP contribution in [-0.4, -0.2) is 61.5 Å². The van der Waals surface area contributed by atoms with E-state index in [0.717, 1.165) is 61.9 Å². The second-order valence-electron chi connectivity index (χ2n) is 10.8. The zero-order valence-electron chi connectivity index (χ0n) is 22.6. The summed E-state index contributed by atoms with van der Waals surface area (Å²) in [6.07, 6.45) is 8.78. The van der Waals surface area contributed by atoms with Gasteiger partial charge in [-0.05, 0) is 80.0 Å². The van der Waals surface area contributed by atoms with Gasteiger partial charge < -0.3 is 25.3 Å². The molecule has 0 aromatic heterocycles. The summed E-state index contributed by atoms with van der Waals surface area (Å²) in [6, 6.07) is 14.1. The van der Waals surface area contributed by atoms with Gasteiger partial charge in [-0.2, -0.15) is 0 Å². The van der Waals surface area contributed by atoms with Gasteiger partial charge in [0.05, 0.1) is 0 Å². The van der Waals surface area contributed by atoms with Gasteiger partial charge in [-0.15, -0.1) is 0 Å². The Morgan fingerprint density at radius 1 is 1.11 bits per heavy atom. The van der Waals surface area contributed by atoms with E-state index in [1.807, 2.05) is 24.3 Å². The lowest BCUT2D eigenvalue weighted by atomic mass is 10.0. The maximum absolute atomic E-state index is 11.9. The SMILES string of the molecule is CC(C)C[C@H]1CN(/C=C(/Nc2ccc(N(C=O)CCc3ccc(Cl)cc3Cl)cc2)N2CCCCC2)CCN1. The molecule has 2 aromatic carbocycles. The molecule has 0 bridgehead atoms. The molecule has 0 spiro atoms. The molecule has 4 rings (SSSR count). The molecule has 8 heteroatoms. The van der Waals surface area contributed by atoms with Gasteiger partial charge in [0.15, 0.2) is 0 Å². The molecule has 1 amide bonds. The van der Waals surface area contributed by atoms with Crippen LogP contribution in [0.15, 0.2) is 54.5 Å². The number of carbonyl (C=O) groups is 1. The third kappa shape index (κ3) is 8.29. The molecule has 2 aliphatic heterocycles. The minimum absolute atomic E-state index is 0.527. The number of piperidine rings is 1. The zero-order valence-corrected chi connectivity index (χ0v) is 24.1. The van der Waals surface area contributed by atoms with Crippen LogP contribution in [0.5, 0.6) is 0 Å². The number of hydrogen-bond acceptors (Lipinski definition) is 5. The summed E-state index contributed by atoms with van der Waals surface area (Å²) < 4.78 is 0. The molecule has 38 heavy (non-hydrogen) atoms. The quantitative estimate of drug-likeness (QED) is 0.321. The van der Waals surface area contributed by atoms with Crippen LogP contribution < -0.4 is 15.5 Å². The van der Waals surface area contributed by atoms with Crippen molar-refractivity contribution in [1.82, 2.24) is 15.1 Å². The van der Waals surface area contributed by atoms with Gasteiger partial charge in [0.1, 0.15) is 5.82 Å². The molecule has 206 valence electrons. The Hall–Kier alpha value is -2.41. The Morgan fingerprint density at radius 3 is 2.55 bits per heavy atom. The van der Waals surface area contributed by atoms with E-state index >= 15 is 0 Å². The topological polar surface area (TPSA) is 50.9 Å². The summed E-state index contributed by atoms with van der Waals surface area (Å²) in [5.74, 6) is 1.84. The Labute approximate surface area is 238 Å². The summed E-state index contributed by atoms with van der Waals surface area (Å²) in [4.78, 5) is 18.5. The molecule has 2 fully saturated rings. The zero-order chi connectivity index (χ0) is 26.9. The smallest absolute Gasteiger partial charge is 0.214 e. The minimum Gasteiger partial charge on any atom is -0.372 e. The molecular formula is C30H41Cl2N5O. The normalized spacial score (nSPS) is 18.6. The van der Waals surface area contributed by atoms with Crippen molar-refractivity contribution in [2.75, 3.05) is 49.5 Å². The van der Waals surface area contributed by atoms with Crippen molar-refractivity contribution >= 4 is 41.0 Å². The van der Waals surface area contributed by atoms with Crippen LogP contribution >= 0.6 is 23.2 Å². The van der Waals surface area contributed by atoms with Crippen molar-refractivity contribution in [1.29, 1.82) is 0 Å². The maximum atomic E-state index is 11.9. The van der Waals surface area contributed by atoms with Crippen molar-refractivity contribution in [2.24, 2.45) is 5.92 Å². The first kappa shape index (κ1) is 28.6. The molecule has 2 aromatic rings. The third-order valence-corrected chi connectivity index (χ3v) is 7.87. The second kappa shape index (κ2) is 14.1. The number of halogens is 2. The van der Waals surface area contributed by atoms with Crippen LogP contribution in [0.3, 0.4) is 0 Å². The number of carbonyl (C=O) groups excluding carboxylic acids is 1. The van der Waals surface area contributed by atoms with Crippen molar-refractivity contribution in [2.45, 2.75) is 52.0 Å². The van der Waals surface area contributed by atoms with Crippen molar-refractivity contribution in [3.8, 4) is 0 Å². The fourth-order valence-electron chi connectivity index (χ4n) is 5.29. The molecule has 6 nitrogen and oxygen atoms in total. The summed E-state index contributed by atoms with van der Waals surface area (Å²) in [5.41, 5.74) is 2.85. The molecule has 0 aliphatic carbocycles. The lowest BCUT2D eigenvalue weighted by molar-refractivity contribution is -0.107. The molecule has 2 aliphatic rings. The summed E-state index contributed by atoms with van der Waals surface area (Å²) in [5, 5.41) is 8.61. The fraction of sp³-hybridized carbons (Fsp3) is 0.500. The molecule has 2 N–H and O–H groups in total. The highest BCUT2D eigenvalue weighted by Crippen LogP contribution is 2.24. The van der Waals surface area contributed by atoms with Crippen LogP contribution in [0.2, 0.25) is 10.0 Å². The first-order valence-corrected chi connectivity index (χ1v) is 14.6. The van der Waals surface area contributed by atoms with E-state index in [1.165, 1.54) is 25.7 Å². The van der Waals surface area contributed by atoms with E-state index < -0.39 is 0 Å². The number of nitrogens with one attached hydrogen (secondary N) is 2. The van der Waals surface area contributed by atoms with Crippen molar-refractivity contribution in [3.05, 3.63) is 70.1 Å². The fourth-order valence-corrected chi connectivity index (χ4v) is 5.79. The molecule has 0 radical (unpaired) electrons. The van der Waals surface area contributed by atoms with E-state index in [4.69, 9.17) is 23.2 Å². The lowest BCUT2D eigenvalue weighted by Gasteiger charge is -2.37. The van der Waals surface area contributed by atoms with E-state index in [1.54, 1.807) is 11.0 Å². The number of likely N-dealkylation sites (tertiary alicyclic amines) is 1. The Morgan fingerprint density at radius 2 is 1.87 bits per heavy atom. The monoisotopic (exact) mass is 557 g/mol. The molecule has 0 saturated carbocycles. The van der Waals surface area contributed by atoms with E-state index in [2.05, 4.69) is 52.6 Å². The Kier molecular flexibility index (Phi) is 10.6. The Balaban J connectivity index is 1.43. The van der Waals surface area contributed by atoms with E-state index in [-0.39, 0.29) is 0 Å².